The summed E-state index contributed by atoms with van der Waals surface area (Å²) in [7, 11) is 1.32. The van der Waals surface area contributed by atoms with Crippen LogP contribution in [0.5, 0.6) is 0 Å². The Morgan fingerprint density at radius 2 is 2.20 bits per heavy atom. The third-order valence-electron chi connectivity index (χ3n) is 5.18. The van der Waals surface area contributed by atoms with Crippen LogP contribution in [-0.2, 0) is 24.5 Å². The molecule has 1 saturated heterocycles. The molecule has 4 rings (SSSR count). The maximum Gasteiger partial charge on any atom is 0.338 e. The van der Waals surface area contributed by atoms with Gasteiger partial charge in [0.2, 0.25) is 0 Å². The first-order chi connectivity index (χ1) is 14.5. The molecule has 0 saturated carbocycles. The molecule has 2 unspecified atom stereocenters. The number of halogens is 1. The summed E-state index contributed by atoms with van der Waals surface area (Å²) in [5.74, 6) is -0.378. The van der Waals surface area contributed by atoms with Crippen molar-refractivity contribution >= 4 is 23.1 Å². The minimum absolute atomic E-state index is 0.0440. The van der Waals surface area contributed by atoms with E-state index in [-0.39, 0.29) is 18.5 Å². The van der Waals surface area contributed by atoms with Gasteiger partial charge in [0.05, 0.1) is 37.7 Å². The van der Waals surface area contributed by atoms with E-state index in [0.29, 0.717) is 40.9 Å². The number of carbonyl (C=O) groups excluding carboxylic acids is 1. The molecule has 2 atom stereocenters. The molecule has 2 aliphatic rings. The van der Waals surface area contributed by atoms with Gasteiger partial charge in [0, 0.05) is 18.2 Å². The van der Waals surface area contributed by atoms with Gasteiger partial charge in [-0.25, -0.2) is 19.2 Å². The van der Waals surface area contributed by atoms with Crippen LogP contribution in [0.3, 0.4) is 0 Å². The highest BCUT2D eigenvalue weighted by Gasteiger charge is 2.42. The highest BCUT2D eigenvalue weighted by Crippen LogP contribution is 2.39. The van der Waals surface area contributed by atoms with Crippen molar-refractivity contribution < 1.29 is 23.4 Å². The van der Waals surface area contributed by atoms with E-state index in [1.54, 1.807) is 25.3 Å². The minimum atomic E-state index is -1.11. The third kappa shape index (κ3) is 4.00. The average molecular weight is 431 g/mol. The number of benzene rings is 1. The fourth-order valence-corrected chi connectivity index (χ4v) is 4.19. The Morgan fingerprint density at radius 3 is 2.83 bits per heavy atom. The highest BCUT2D eigenvalue weighted by molar-refractivity contribution is 7.11. The molecule has 0 spiro atoms. The number of ether oxygens (including phenoxy) is 3. The largest absolute Gasteiger partial charge is 0.466 e. The van der Waals surface area contributed by atoms with Gasteiger partial charge >= 0.3 is 5.97 Å². The van der Waals surface area contributed by atoms with Crippen molar-refractivity contribution in [2.24, 2.45) is 4.99 Å². The lowest BCUT2D eigenvalue weighted by molar-refractivity contribution is -0.137. The van der Waals surface area contributed by atoms with Crippen LogP contribution in [0, 0.1) is 5.82 Å². The van der Waals surface area contributed by atoms with Gasteiger partial charge < -0.3 is 19.5 Å². The van der Waals surface area contributed by atoms with Gasteiger partial charge in [-0.1, -0.05) is 12.1 Å². The topological polar surface area (TPSA) is 82.0 Å². The number of carbonyl (C=O) groups is 1. The number of aliphatic imine (C=N–C) groups is 1. The van der Waals surface area contributed by atoms with Crippen LogP contribution in [0.4, 0.5) is 4.39 Å². The van der Waals surface area contributed by atoms with Crippen LogP contribution in [-0.4, -0.2) is 49.8 Å². The van der Waals surface area contributed by atoms with Crippen molar-refractivity contribution in [1.29, 1.82) is 0 Å². The van der Waals surface area contributed by atoms with Crippen molar-refractivity contribution in [3.63, 3.8) is 0 Å². The van der Waals surface area contributed by atoms with E-state index in [1.165, 1.54) is 30.6 Å². The zero-order valence-corrected chi connectivity index (χ0v) is 17.5. The first kappa shape index (κ1) is 20.6. The van der Waals surface area contributed by atoms with E-state index in [0.717, 1.165) is 6.42 Å². The molecule has 2 aliphatic heterocycles. The van der Waals surface area contributed by atoms with Crippen LogP contribution in [0.25, 0.3) is 0 Å². The van der Waals surface area contributed by atoms with E-state index in [2.05, 4.69) is 10.3 Å². The molecular weight excluding hydrogens is 409 g/mol. The summed E-state index contributed by atoms with van der Waals surface area (Å²) in [6, 6.07) is 5.94. The van der Waals surface area contributed by atoms with Gasteiger partial charge in [0.15, 0.2) is 10.8 Å². The number of nitrogens with zero attached hydrogens (tertiary/aromatic N) is 2. The van der Waals surface area contributed by atoms with Crippen LogP contribution >= 0.6 is 11.3 Å². The first-order valence-electron chi connectivity index (χ1n) is 9.55. The summed E-state index contributed by atoms with van der Waals surface area (Å²) in [5.41, 5.74) is 0.399. The number of hydrogen-bond acceptors (Lipinski definition) is 8. The second-order valence-corrected chi connectivity index (χ2v) is 8.04. The molecule has 0 aliphatic carbocycles. The number of aromatic nitrogens is 1. The SMILES string of the molecule is COC(=O)C1=C(COC2CCOC2)NC(c2nccs2)=NC1(C)c1ccc(F)cc1. The maximum absolute atomic E-state index is 13.6. The molecule has 2 aromatic rings. The first-order valence-corrected chi connectivity index (χ1v) is 10.4. The average Bonchev–Trinajstić information content (AvgIpc) is 3.46. The molecule has 0 bridgehead atoms. The third-order valence-corrected chi connectivity index (χ3v) is 5.96. The Balaban J connectivity index is 1.80. The summed E-state index contributed by atoms with van der Waals surface area (Å²) in [4.78, 5) is 22.0. The molecular formula is C21H22FN3O4S. The molecule has 9 heteroatoms. The smallest absolute Gasteiger partial charge is 0.338 e. The predicted molar refractivity (Wildman–Crippen MR) is 110 cm³/mol. The molecule has 3 heterocycles. The molecule has 7 nitrogen and oxygen atoms in total. The van der Waals surface area contributed by atoms with E-state index >= 15 is 0 Å². The number of esters is 1. The van der Waals surface area contributed by atoms with Gasteiger partial charge in [-0.2, -0.15) is 0 Å². The predicted octanol–water partition coefficient (Wildman–Crippen LogP) is 2.78. The van der Waals surface area contributed by atoms with Crippen molar-refractivity contribution in [1.82, 2.24) is 10.3 Å². The van der Waals surface area contributed by atoms with Crippen LogP contribution in [0.1, 0.15) is 23.9 Å². The van der Waals surface area contributed by atoms with Crippen LogP contribution in [0.2, 0.25) is 0 Å². The fraction of sp³-hybridized carbons (Fsp3) is 0.381. The lowest BCUT2D eigenvalue weighted by atomic mass is 9.82. The second-order valence-electron chi connectivity index (χ2n) is 7.14. The highest BCUT2D eigenvalue weighted by atomic mass is 32.1. The molecule has 1 aromatic heterocycles. The number of hydrogen-bond donors (Lipinski definition) is 1. The summed E-state index contributed by atoms with van der Waals surface area (Å²) < 4.78 is 30.0. The Bertz CT molecular complexity index is 969. The summed E-state index contributed by atoms with van der Waals surface area (Å²) in [5, 5.41) is 5.74. The summed E-state index contributed by atoms with van der Waals surface area (Å²) in [6.45, 7) is 3.13. The molecule has 0 radical (unpaired) electrons. The normalized spacial score (nSPS) is 23.8. The lowest BCUT2D eigenvalue weighted by Crippen LogP contribution is -2.43. The van der Waals surface area contributed by atoms with E-state index < -0.39 is 11.5 Å². The van der Waals surface area contributed by atoms with E-state index in [1.807, 2.05) is 5.38 Å². The number of amidine groups is 1. The Kier molecular flexibility index (Phi) is 5.94. The zero-order chi connectivity index (χ0) is 21.1. The lowest BCUT2D eigenvalue weighted by Gasteiger charge is -2.35. The molecule has 0 amide bonds. The summed E-state index contributed by atoms with van der Waals surface area (Å²) in [6.07, 6.45) is 2.44. The van der Waals surface area contributed by atoms with Gasteiger partial charge in [-0.3, -0.25) is 0 Å². The number of rotatable bonds is 6. The second kappa shape index (κ2) is 8.63. The Morgan fingerprint density at radius 1 is 1.40 bits per heavy atom. The van der Waals surface area contributed by atoms with Crippen molar-refractivity contribution in [3.05, 3.63) is 63.5 Å². The van der Waals surface area contributed by atoms with Gasteiger partial charge in [-0.05, 0) is 31.0 Å². The Labute approximate surface area is 177 Å². The Hall–Kier alpha value is -2.62. The molecule has 1 aromatic carbocycles. The van der Waals surface area contributed by atoms with Gasteiger partial charge in [0.1, 0.15) is 11.4 Å². The zero-order valence-electron chi connectivity index (χ0n) is 16.7. The number of methoxy groups -OCH3 is 1. The minimum Gasteiger partial charge on any atom is -0.466 e. The van der Waals surface area contributed by atoms with Crippen molar-refractivity contribution in [2.75, 3.05) is 26.9 Å². The number of thiazole rings is 1. The molecule has 158 valence electrons. The van der Waals surface area contributed by atoms with Crippen LogP contribution < -0.4 is 5.32 Å². The fourth-order valence-electron chi connectivity index (χ4n) is 3.61. The van der Waals surface area contributed by atoms with Crippen LogP contribution in [0.15, 0.2) is 52.1 Å². The van der Waals surface area contributed by atoms with E-state index in [9.17, 15) is 9.18 Å². The van der Waals surface area contributed by atoms with Gasteiger partial charge in [0.25, 0.3) is 0 Å². The van der Waals surface area contributed by atoms with Gasteiger partial charge in [-0.15, -0.1) is 11.3 Å². The molecule has 30 heavy (non-hydrogen) atoms. The summed E-state index contributed by atoms with van der Waals surface area (Å²) >= 11 is 1.42. The number of nitrogens with one attached hydrogen (secondary N) is 1. The standard InChI is InChI=1S/C21H22FN3O4S/c1-21(13-3-5-14(22)6-4-13)17(20(26)27-2)16(12-29-15-7-9-28-11-15)24-18(25-21)19-23-8-10-30-19/h3-6,8,10,15H,7,9,11-12H2,1-2H3,(H,24,25). The molecule has 1 fully saturated rings. The molecule has 1 N–H and O–H groups in total. The van der Waals surface area contributed by atoms with Crippen molar-refractivity contribution in [3.8, 4) is 0 Å². The quantitative estimate of drug-likeness (QED) is 0.709. The van der Waals surface area contributed by atoms with Crippen molar-refractivity contribution in [2.45, 2.75) is 25.0 Å². The maximum atomic E-state index is 13.6. The van der Waals surface area contributed by atoms with E-state index in [4.69, 9.17) is 19.2 Å². The monoisotopic (exact) mass is 431 g/mol.